The van der Waals surface area contributed by atoms with Gasteiger partial charge in [-0.15, -0.1) is 0 Å². The first kappa shape index (κ1) is 16.9. The van der Waals surface area contributed by atoms with Gasteiger partial charge in [-0.05, 0) is 59.8 Å². The van der Waals surface area contributed by atoms with Gasteiger partial charge in [0.05, 0.1) is 4.47 Å². The molecule has 0 aromatic heterocycles. The summed E-state index contributed by atoms with van der Waals surface area (Å²) in [6.45, 7) is 9.71. The van der Waals surface area contributed by atoms with Crippen LogP contribution in [0.3, 0.4) is 0 Å². The standard InChI is InChI=1S/C17H26BrFN2/c1-12(2)9-15-11-21(13(3)7-8-20-15)10-14-5-4-6-16(19)17(14)18/h4-6,12-13,15,20H,7-11H2,1-3H3. The van der Waals surface area contributed by atoms with Crippen LogP contribution in [0.15, 0.2) is 22.7 Å². The summed E-state index contributed by atoms with van der Waals surface area (Å²) in [5.41, 5.74) is 1.03. The molecule has 0 saturated carbocycles. The Morgan fingerprint density at radius 3 is 2.90 bits per heavy atom. The second-order valence-electron chi connectivity index (χ2n) is 6.56. The van der Waals surface area contributed by atoms with Crippen LogP contribution in [-0.2, 0) is 6.54 Å². The van der Waals surface area contributed by atoms with Gasteiger partial charge in [-0.25, -0.2) is 4.39 Å². The largest absolute Gasteiger partial charge is 0.313 e. The molecule has 1 aliphatic heterocycles. The van der Waals surface area contributed by atoms with Crippen LogP contribution in [0, 0.1) is 11.7 Å². The average molecular weight is 357 g/mol. The zero-order valence-corrected chi connectivity index (χ0v) is 14.8. The third-order valence-electron chi connectivity index (χ3n) is 4.23. The minimum Gasteiger partial charge on any atom is -0.313 e. The topological polar surface area (TPSA) is 15.3 Å². The first-order valence-electron chi connectivity index (χ1n) is 7.87. The fourth-order valence-corrected chi connectivity index (χ4v) is 3.43. The summed E-state index contributed by atoms with van der Waals surface area (Å²) in [5, 5.41) is 3.66. The lowest BCUT2D eigenvalue weighted by molar-refractivity contribution is 0.189. The zero-order valence-electron chi connectivity index (χ0n) is 13.2. The van der Waals surface area contributed by atoms with Crippen molar-refractivity contribution < 1.29 is 4.39 Å². The highest BCUT2D eigenvalue weighted by atomic mass is 79.9. The molecule has 21 heavy (non-hydrogen) atoms. The molecule has 1 N–H and O–H groups in total. The molecule has 2 atom stereocenters. The molecule has 2 unspecified atom stereocenters. The van der Waals surface area contributed by atoms with Crippen molar-refractivity contribution in [2.45, 2.75) is 52.2 Å². The Balaban J connectivity index is 2.09. The monoisotopic (exact) mass is 356 g/mol. The van der Waals surface area contributed by atoms with Gasteiger partial charge in [0.2, 0.25) is 0 Å². The molecule has 2 nitrogen and oxygen atoms in total. The lowest BCUT2D eigenvalue weighted by Crippen LogP contribution is -2.40. The Bertz CT molecular complexity index is 464. The molecule has 118 valence electrons. The van der Waals surface area contributed by atoms with E-state index in [9.17, 15) is 4.39 Å². The van der Waals surface area contributed by atoms with Crippen LogP contribution in [0.25, 0.3) is 0 Å². The van der Waals surface area contributed by atoms with Crippen molar-refractivity contribution in [1.29, 1.82) is 0 Å². The maximum absolute atomic E-state index is 13.7. The summed E-state index contributed by atoms with van der Waals surface area (Å²) in [4.78, 5) is 2.48. The van der Waals surface area contributed by atoms with Gasteiger partial charge in [0.25, 0.3) is 0 Å². The Kier molecular flexibility index (Phi) is 6.20. The molecule has 1 saturated heterocycles. The zero-order chi connectivity index (χ0) is 15.4. The fourth-order valence-electron chi connectivity index (χ4n) is 3.04. The van der Waals surface area contributed by atoms with E-state index < -0.39 is 0 Å². The van der Waals surface area contributed by atoms with E-state index in [1.165, 1.54) is 12.5 Å². The molecule has 0 amide bonds. The second kappa shape index (κ2) is 7.70. The summed E-state index contributed by atoms with van der Waals surface area (Å²) in [6.07, 6.45) is 2.33. The average Bonchev–Trinajstić information content (AvgIpc) is 2.57. The van der Waals surface area contributed by atoms with E-state index in [1.54, 1.807) is 6.07 Å². The van der Waals surface area contributed by atoms with Crippen molar-refractivity contribution >= 4 is 15.9 Å². The van der Waals surface area contributed by atoms with Crippen molar-refractivity contribution in [3.8, 4) is 0 Å². The first-order chi connectivity index (χ1) is 9.97. The number of halogens is 2. The number of nitrogens with one attached hydrogen (secondary N) is 1. The van der Waals surface area contributed by atoms with E-state index in [2.05, 4.69) is 46.9 Å². The predicted molar refractivity (Wildman–Crippen MR) is 89.8 cm³/mol. The van der Waals surface area contributed by atoms with Crippen LogP contribution in [0.2, 0.25) is 0 Å². The van der Waals surface area contributed by atoms with E-state index >= 15 is 0 Å². The molecule has 1 aromatic rings. The molecule has 4 heteroatoms. The summed E-state index contributed by atoms with van der Waals surface area (Å²) in [6, 6.07) is 6.35. The van der Waals surface area contributed by atoms with Crippen LogP contribution in [-0.4, -0.2) is 30.1 Å². The molecule has 0 bridgehead atoms. The Hall–Kier alpha value is -0.450. The third kappa shape index (κ3) is 4.76. The molecule has 0 radical (unpaired) electrons. The molecular formula is C17H26BrFN2. The van der Waals surface area contributed by atoms with E-state index in [0.29, 0.717) is 22.5 Å². The maximum atomic E-state index is 13.7. The first-order valence-corrected chi connectivity index (χ1v) is 8.67. The van der Waals surface area contributed by atoms with E-state index in [-0.39, 0.29) is 5.82 Å². The number of rotatable bonds is 4. The summed E-state index contributed by atoms with van der Waals surface area (Å²) in [7, 11) is 0. The summed E-state index contributed by atoms with van der Waals surface area (Å²) in [5.74, 6) is 0.519. The molecule has 1 fully saturated rings. The van der Waals surface area contributed by atoms with Gasteiger partial charge < -0.3 is 5.32 Å². The van der Waals surface area contributed by atoms with Crippen LogP contribution < -0.4 is 5.32 Å². The van der Waals surface area contributed by atoms with Crippen LogP contribution in [0.4, 0.5) is 4.39 Å². The molecule has 1 aromatic carbocycles. The van der Waals surface area contributed by atoms with Crippen molar-refractivity contribution in [2.75, 3.05) is 13.1 Å². The van der Waals surface area contributed by atoms with E-state index in [0.717, 1.165) is 31.6 Å². The van der Waals surface area contributed by atoms with E-state index in [1.807, 2.05) is 6.07 Å². The van der Waals surface area contributed by atoms with Gasteiger partial charge in [0.1, 0.15) is 5.82 Å². The number of benzene rings is 1. The normalized spacial score (nSPS) is 24.3. The van der Waals surface area contributed by atoms with Gasteiger partial charge in [-0.3, -0.25) is 4.90 Å². The van der Waals surface area contributed by atoms with Crippen molar-refractivity contribution in [2.24, 2.45) is 5.92 Å². The quantitative estimate of drug-likeness (QED) is 0.869. The third-order valence-corrected chi connectivity index (χ3v) is 5.12. The Morgan fingerprint density at radius 1 is 1.43 bits per heavy atom. The molecule has 2 rings (SSSR count). The van der Waals surface area contributed by atoms with Crippen molar-refractivity contribution in [3.63, 3.8) is 0 Å². The predicted octanol–water partition coefficient (Wildman–Crippen LogP) is 4.19. The molecule has 1 heterocycles. The lowest BCUT2D eigenvalue weighted by Gasteiger charge is -2.30. The number of hydrogen-bond donors (Lipinski definition) is 1. The fraction of sp³-hybridized carbons (Fsp3) is 0.647. The Labute approximate surface area is 136 Å². The van der Waals surface area contributed by atoms with Gasteiger partial charge in [-0.2, -0.15) is 0 Å². The smallest absolute Gasteiger partial charge is 0.137 e. The van der Waals surface area contributed by atoms with E-state index in [4.69, 9.17) is 0 Å². The summed E-state index contributed by atoms with van der Waals surface area (Å²) >= 11 is 3.38. The highest BCUT2D eigenvalue weighted by molar-refractivity contribution is 9.10. The molecule has 0 spiro atoms. The van der Waals surface area contributed by atoms with Gasteiger partial charge >= 0.3 is 0 Å². The lowest BCUT2D eigenvalue weighted by atomic mass is 10.0. The minimum atomic E-state index is -0.174. The Morgan fingerprint density at radius 2 is 2.19 bits per heavy atom. The maximum Gasteiger partial charge on any atom is 0.137 e. The van der Waals surface area contributed by atoms with Crippen molar-refractivity contribution in [3.05, 3.63) is 34.1 Å². The second-order valence-corrected chi connectivity index (χ2v) is 7.35. The SMILES string of the molecule is CC(C)CC1CN(Cc2cccc(F)c2Br)C(C)CCN1. The summed E-state index contributed by atoms with van der Waals surface area (Å²) < 4.78 is 14.3. The van der Waals surface area contributed by atoms with Crippen LogP contribution >= 0.6 is 15.9 Å². The number of hydrogen-bond acceptors (Lipinski definition) is 2. The van der Waals surface area contributed by atoms with Crippen molar-refractivity contribution in [1.82, 2.24) is 10.2 Å². The number of nitrogens with zero attached hydrogens (tertiary/aromatic N) is 1. The molecule has 0 aliphatic carbocycles. The minimum absolute atomic E-state index is 0.174. The van der Waals surface area contributed by atoms with Gasteiger partial charge in [-0.1, -0.05) is 26.0 Å². The van der Waals surface area contributed by atoms with Crippen LogP contribution in [0.5, 0.6) is 0 Å². The van der Waals surface area contributed by atoms with Gasteiger partial charge in [0, 0.05) is 25.2 Å². The molecular weight excluding hydrogens is 331 g/mol. The van der Waals surface area contributed by atoms with Gasteiger partial charge in [0.15, 0.2) is 0 Å². The van der Waals surface area contributed by atoms with Crippen LogP contribution in [0.1, 0.15) is 39.2 Å². The highest BCUT2D eigenvalue weighted by Gasteiger charge is 2.24. The highest BCUT2D eigenvalue weighted by Crippen LogP contribution is 2.24. The molecule has 1 aliphatic rings.